The molecule has 1 unspecified atom stereocenters. The monoisotopic (exact) mass is 291 g/mol. The first-order valence-corrected chi connectivity index (χ1v) is 9.52. The molecule has 1 rings (SSSR count). The van der Waals surface area contributed by atoms with Crippen LogP contribution in [0.2, 0.25) is 0 Å². The molecule has 1 N–H and O–H groups in total. The summed E-state index contributed by atoms with van der Waals surface area (Å²) in [4.78, 5) is 2.37. The van der Waals surface area contributed by atoms with Crippen molar-refractivity contribution in [2.75, 3.05) is 25.1 Å². The summed E-state index contributed by atoms with van der Waals surface area (Å²) in [5.74, 6) is 0.179. The summed E-state index contributed by atoms with van der Waals surface area (Å²) in [5, 5.41) is 10.6. The molecule has 0 bridgehead atoms. The van der Waals surface area contributed by atoms with Crippen LogP contribution in [0.3, 0.4) is 0 Å². The third-order valence-electron chi connectivity index (χ3n) is 4.48. The van der Waals surface area contributed by atoms with Crippen molar-refractivity contribution in [3.8, 4) is 0 Å². The summed E-state index contributed by atoms with van der Waals surface area (Å²) in [6, 6.07) is 0. The minimum Gasteiger partial charge on any atom is -0.391 e. The maximum absolute atomic E-state index is 11.2. The van der Waals surface area contributed by atoms with Crippen LogP contribution in [0.5, 0.6) is 0 Å². The zero-order valence-corrected chi connectivity index (χ0v) is 13.4. The van der Waals surface area contributed by atoms with E-state index in [-0.39, 0.29) is 11.3 Å². The molecule has 0 aromatic heterocycles. The number of sulfone groups is 1. The van der Waals surface area contributed by atoms with E-state index in [0.717, 1.165) is 25.9 Å². The summed E-state index contributed by atoms with van der Waals surface area (Å²) < 4.78 is 22.3. The average Bonchev–Trinajstić information content (AvgIpc) is 2.79. The number of rotatable bonds is 8. The second kappa shape index (κ2) is 7.04. The Morgan fingerprint density at radius 1 is 1.21 bits per heavy atom. The van der Waals surface area contributed by atoms with Gasteiger partial charge < -0.3 is 5.11 Å². The maximum Gasteiger partial charge on any atom is 0.147 e. The molecule has 0 amide bonds. The van der Waals surface area contributed by atoms with Crippen LogP contribution in [0.1, 0.15) is 52.4 Å². The van der Waals surface area contributed by atoms with E-state index < -0.39 is 15.9 Å². The molecule has 19 heavy (non-hydrogen) atoms. The van der Waals surface area contributed by atoms with Gasteiger partial charge in [-0.05, 0) is 38.8 Å². The van der Waals surface area contributed by atoms with Crippen LogP contribution >= 0.6 is 0 Å². The van der Waals surface area contributed by atoms with Gasteiger partial charge in [-0.15, -0.1) is 0 Å². The van der Waals surface area contributed by atoms with Gasteiger partial charge in [-0.1, -0.05) is 26.7 Å². The normalized spacial score (nSPS) is 20.9. The van der Waals surface area contributed by atoms with Gasteiger partial charge in [-0.3, -0.25) is 4.90 Å². The molecular weight excluding hydrogens is 262 g/mol. The fraction of sp³-hybridized carbons (Fsp3) is 1.00. The van der Waals surface area contributed by atoms with Crippen molar-refractivity contribution in [2.45, 2.75) is 64.0 Å². The van der Waals surface area contributed by atoms with E-state index in [9.17, 15) is 13.5 Å². The molecule has 0 aliphatic heterocycles. The fourth-order valence-electron chi connectivity index (χ4n) is 3.51. The van der Waals surface area contributed by atoms with Crippen molar-refractivity contribution >= 4 is 9.84 Å². The number of nitrogens with zero attached hydrogens (tertiary/aromatic N) is 1. The zero-order valence-electron chi connectivity index (χ0n) is 12.6. The van der Waals surface area contributed by atoms with Gasteiger partial charge >= 0.3 is 0 Å². The van der Waals surface area contributed by atoms with Crippen molar-refractivity contribution in [3.05, 3.63) is 0 Å². The topological polar surface area (TPSA) is 57.6 Å². The highest BCUT2D eigenvalue weighted by molar-refractivity contribution is 7.90. The van der Waals surface area contributed by atoms with Gasteiger partial charge in [0.2, 0.25) is 0 Å². The highest BCUT2D eigenvalue weighted by Gasteiger charge is 2.43. The second-order valence-electron chi connectivity index (χ2n) is 5.77. The third kappa shape index (κ3) is 4.43. The molecule has 1 aliphatic carbocycles. The van der Waals surface area contributed by atoms with E-state index in [1.807, 2.05) is 0 Å². The molecule has 0 heterocycles. The lowest BCUT2D eigenvalue weighted by atomic mass is 9.85. The van der Waals surface area contributed by atoms with Crippen molar-refractivity contribution in [2.24, 2.45) is 0 Å². The molecule has 0 spiro atoms. The van der Waals surface area contributed by atoms with Crippen molar-refractivity contribution < 1.29 is 13.5 Å². The van der Waals surface area contributed by atoms with Crippen molar-refractivity contribution in [3.63, 3.8) is 0 Å². The highest BCUT2D eigenvalue weighted by atomic mass is 32.2. The predicted octanol–water partition coefficient (Wildman–Crippen LogP) is 1.83. The standard InChI is InChI=1S/C14H29NO3S/c1-4-15(5-2)14(10-6-7-11-14)13(16)9-8-12-19(3,17)18/h13,16H,4-12H2,1-3H3. The lowest BCUT2D eigenvalue weighted by Gasteiger charge is -2.44. The zero-order chi connectivity index (χ0) is 14.5. The van der Waals surface area contributed by atoms with Crippen LogP contribution in [-0.4, -0.2) is 55.2 Å². The Hall–Kier alpha value is -0.130. The summed E-state index contributed by atoms with van der Waals surface area (Å²) in [6.45, 7) is 6.15. The SMILES string of the molecule is CCN(CC)C1(C(O)CCCS(C)(=O)=O)CCCC1. The first kappa shape index (κ1) is 16.9. The van der Waals surface area contributed by atoms with Crippen LogP contribution in [0.15, 0.2) is 0 Å². The van der Waals surface area contributed by atoms with E-state index >= 15 is 0 Å². The lowest BCUT2D eigenvalue weighted by Crippen LogP contribution is -2.55. The van der Waals surface area contributed by atoms with Gasteiger partial charge in [0, 0.05) is 17.5 Å². The van der Waals surface area contributed by atoms with E-state index in [0.29, 0.717) is 12.8 Å². The Labute approximate surface area is 118 Å². The Morgan fingerprint density at radius 2 is 1.74 bits per heavy atom. The third-order valence-corrected chi connectivity index (χ3v) is 5.51. The average molecular weight is 291 g/mol. The van der Waals surface area contributed by atoms with Gasteiger partial charge in [-0.2, -0.15) is 0 Å². The Morgan fingerprint density at radius 3 is 2.16 bits per heavy atom. The first-order valence-electron chi connectivity index (χ1n) is 7.46. The van der Waals surface area contributed by atoms with Crippen LogP contribution in [0.25, 0.3) is 0 Å². The smallest absolute Gasteiger partial charge is 0.147 e. The van der Waals surface area contributed by atoms with Crippen molar-refractivity contribution in [1.82, 2.24) is 4.90 Å². The number of aliphatic hydroxyl groups is 1. The molecule has 0 aromatic carbocycles. The molecular formula is C14H29NO3S. The summed E-state index contributed by atoms with van der Waals surface area (Å²) in [5.41, 5.74) is -0.110. The molecule has 1 aliphatic rings. The van der Waals surface area contributed by atoms with Crippen LogP contribution in [0.4, 0.5) is 0 Å². The number of aliphatic hydroxyl groups excluding tert-OH is 1. The Kier molecular flexibility index (Phi) is 6.27. The van der Waals surface area contributed by atoms with E-state index in [4.69, 9.17) is 0 Å². The Balaban J connectivity index is 2.65. The summed E-state index contributed by atoms with van der Waals surface area (Å²) in [6.07, 6.45) is 6.40. The molecule has 0 radical (unpaired) electrons. The minimum absolute atomic E-state index is 0.110. The molecule has 1 saturated carbocycles. The van der Waals surface area contributed by atoms with Gasteiger partial charge in [-0.25, -0.2) is 8.42 Å². The maximum atomic E-state index is 11.2. The largest absolute Gasteiger partial charge is 0.391 e. The molecule has 1 atom stereocenters. The summed E-state index contributed by atoms with van der Waals surface area (Å²) >= 11 is 0. The second-order valence-corrected chi connectivity index (χ2v) is 8.03. The van der Waals surface area contributed by atoms with Gasteiger partial charge in [0.15, 0.2) is 0 Å². The molecule has 1 fully saturated rings. The predicted molar refractivity (Wildman–Crippen MR) is 79.1 cm³/mol. The summed E-state index contributed by atoms with van der Waals surface area (Å²) in [7, 11) is -2.92. The van der Waals surface area contributed by atoms with Crippen LogP contribution in [0, 0.1) is 0 Å². The number of likely N-dealkylation sites (N-methyl/N-ethyl adjacent to an activating group) is 1. The van der Waals surface area contributed by atoms with E-state index in [1.54, 1.807) is 0 Å². The van der Waals surface area contributed by atoms with E-state index in [1.165, 1.54) is 19.1 Å². The molecule has 0 saturated heterocycles. The minimum atomic E-state index is -2.92. The lowest BCUT2D eigenvalue weighted by molar-refractivity contribution is -0.0291. The quantitative estimate of drug-likeness (QED) is 0.741. The van der Waals surface area contributed by atoms with Crippen LogP contribution < -0.4 is 0 Å². The van der Waals surface area contributed by atoms with Crippen molar-refractivity contribution in [1.29, 1.82) is 0 Å². The van der Waals surface area contributed by atoms with E-state index in [2.05, 4.69) is 18.7 Å². The molecule has 0 aromatic rings. The molecule has 4 nitrogen and oxygen atoms in total. The molecule has 114 valence electrons. The fourth-order valence-corrected chi connectivity index (χ4v) is 4.20. The Bertz CT molecular complexity index is 357. The number of hydrogen-bond acceptors (Lipinski definition) is 4. The first-order chi connectivity index (χ1) is 8.85. The van der Waals surface area contributed by atoms with Gasteiger partial charge in [0.25, 0.3) is 0 Å². The van der Waals surface area contributed by atoms with Gasteiger partial charge in [0.1, 0.15) is 9.84 Å². The van der Waals surface area contributed by atoms with Gasteiger partial charge in [0.05, 0.1) is 6.10 Å². The van der Waals surface area contributed by atoms with Crippen LogP contribution in [-0.2, 0) is 9.84 Å². The molecule has 5 heteroatoms. The number of hydrogen-bond donors (Lipinski definition) is 1. The highest BCUT2D eigenvalue weighted by Crippen LogP contribution is 2.39.